The van der Waals surface area contributed by atoms with Crippen LogP contribution in [0.4, 0.5) is 17.1 Å². The molecule has 2 nitrogen and oxygen atoms in total. The molecule has 2 heteroatoms. The molecule has 0 amide bonds. The molecule has 12 rings (SSSR count). The van der Waals surface area contributed by atoms with Gasteiger partial charge in [-0.15, -0.1) is 0 Å². The van der Waals surface area contributed by atoms with Gasteiger partial charge in [0.15, 0.2) is 0 Å². The highest BCUT2D eigenvalue weighted by Crippen LogP contribution is 2.59. The Balaban J connectivity index is 1.03. The van der Waals surface area contributed by atoms with Crippen molar-refractivity contribution in [3.8, 4) is 44.5 Å². The van der Waals surface area contributed by atoms with Gasteiger partial charge in [-0.2, -0.15) is 0 Å². The van der Waals surface area contributed by atoms with E-state index in [2.05, 4.69) is 241 Å². The van der Waals surface area contributed by atoms with Crippen LogP contribution in [0, 0.1) is 0 Å². The molecule has 10 aromatic carbocycles. The standard InChI is InChI=1S/C61H41NO/c1-4-16-42(17-5-1)45-18-14-19-46(40-45)43-30-35-50(36-31-43)62(51-37-32-44(33-38-51)47-34-39-59-54(41-47)52-24-11-13-29-58(52)63-59)57-28-15-27-56-60(57)53-25-10-12-26-55(53)61(56,48-20-6-2-7-21-48)49-22-8-3-9-23-49/h1-41H. The van der Waals surface area contributed by atoms with Crippen molar-refractivity contribution in [2.24, 2.45) is 0 Å². The van der Waals surface area contributed by atoms with Crippen LogP contribution in [0.2, 0.25) is 0 Å². The third kappa shape index (κ3) is 6.02. The lowest BCUT2D eigenvalue weighted by Gasteiger charge is -2.34. The second-order valence-electron chi connectivity index (χ2n) is 16.4. The molecule has 0 radical (unpaired) electrons. The SMILES string of the molecule is c1ccc(-c2cccc(-c3ccc(N(c4ccc(-c5ccc6oc7ccccc7c6c5)cc4)c4cccc5c4-c4ccccc4C5(c4ccccc4)c4ccccc4)cc3)c2)cc1. The lowest BCUT2D eigenvalue weighted by atomic mass is 9.68. The number of furan rings is 1. The third-order valence-electron chi connectivity index (χ3n) is 13.0. The van der Waals surface area contributed by atoms with E-state index >= 15 is 0 Å². The maximum Gasteiger partial charge on any atom is 0.135 e. The number of para-hydroxylation sites is 1. The molecule has 1 aliphatic rings. The Morgan fingerprint density at radius 1 is 0.317 bits per heavy atom. The molecule has 0 fully saturated rings. The lowest BCUT2D eigenvalue weighted by molar-refractivity contribution is 0.669. The van der Waals surface area contributed by atoms with Gasteiger partial charge < -0.3 is 9.32 Å². The van der Waals surface area contributed by atoms with Gasteiger partial charge in [-0.25, -0.2) is 0 Å². The number of anilines is 3. The van der Waals surface area contributed by atoms with Crippen LogP contribution in [0.25, 0.3) is 66.4 Å². The maximum absolute atomic E-state index is 6.18. The molecule has 0 saturated heterocycles. The lowest BCUT2D eigenvalue weighted by Crippen LogP contribution is -2.28. The number of benzene rings is 10. The Morgan fingerprint density at radius 3 is 1.46 bits per heavy atom. The maximum atomic E-state index is 6.18. The van der Waals surface area contributed by atoms with E-state index < -0.39 is 5.41 Å². The minimum absolute atomic E-state index is 0.510. The minimum Gasteiger partial charge on any atom is -0.456 e. The molecule has 0 bridgehead atoms. The Hall–Kier alpha value is -8.20. The topological polar surface area (TPSA) is 16.4 Å². The number of hydrogen-bond donors (Lipinski definition) is 0. The molecule has 0 unspecified atom stereocenters. The molecule has 1 aliphatic carbocycles. The van der Waals surface area contributed by atoms with Gasteiger partial charge in [0.1, 0.15) is 11.2 Å². The van der Waals surface area contributed by atoms with Gasteiger partial charge in [0.25, 0.3) is 0 Å². The molecule has 0 spiro atoms. The van der Waals surface area contributed by atoms with Crippen LogP contribution >= 0.6 is 0 Å². The van der Waals surface area contributed by atoms with Crippen molar-refractivity contribution in [2.45, 2.75) is 5.41 Å². The summed E-state index contributed by atoms with van der Waals surface area (Å²) in [6.07, 6.45) is 0. The van der Waals surface area contributed by atoms with Crippen molar-refractivity contribution in [3.05, 3.63) is 271 Å². The Morgan fingerprint density at radius 2 is 0.794 bits per heavy atom. The van der Waals surface area contributed by atoms with Crippen LogP contribution < -0.4 is 4.90 Å². The van der Waals surface area contributed by atoms with Crippen molar-refractivity contribution in [1.82, 2.24) is 0 Å². The van der Waals surface area contributed by atoms with Crippen molar-refractivity contribution in [2.75, 3.05) is 4.90 Å². The van der Waals surface area contributed by atoms with Crippen LogP contribution in [-0.2, 0) is 5.41 Å². The number of nitrogens with zero attached hydrogens (tertiary/aromatic N) is 1. The van der Waals surface area contributed by atoms with Gasteiger partial charge in [-0.3, -0.25) is 0 Å². The van der Waals surface area contributed by atoms with E-state index in [1.165, 1.54) is 55.6 Å². The summed E-state index contributed by atoms with van der Waals surface area (Å²) in [7, 11) is 0. The first-order valence-electron chi connectivity index (χ1n) is 21.7. The zero-order valence-electron chi connectivity index (χ0n) is 34.5. The first kappa shape index (κ1) is 36.6. The van der Waals surface area contributed by atoms with Gasteiger partial charge in [0, 0.05) is 27.7 Å². The normalized spacial score (nSPS) is 12.6. The fraction of sp³-hybridized carbons (Fsp3) is 0.0164. The molecule has 63 heavy (non-hydrogen) atoms. The Bertz CT molecular complexity index is 3380. The monoisotopic (exact) mass is 803 g/mol. The number of hydrogen-bond acceptors (Lipinski definition) is 2. The minimum atomic E-state index is -0.510. The molecule has 1 heterocycles. The number of rotatable bonds is 8. The average Bonchev–Trinajstić information content (AvgIpc) is 3.89. The van der Waals surface area contributed by atoms with E-state index in [9.17, 15) is 0 Å². The fourth-order valence-corrected chi connectivity index (χ4v) is 10.1. The van der Waals surface area contributed by atoms with Crippen LogP contribution in [-0.4, -0.2) is 0 Å². The summed E-state index contributed by atoms with van der Waals surface area (Å²) >= 11 is 0. The zero-order chi connectivity index (χ0) is 41.7. The average molecular weight is 804 g/mol. The summed E-state index contributed by atoms with van der Waals surface area (Å²) in [4.78, 5) is 2.45. The van der Waals surface area contributed by atoms with Crippen molar-refractivity contribution < 1.29 is 4.42 Å². The first-order chi connectivity index (χ1) is 31.2. The zero-order valence-corrected chi connectivity index (χ0v) is 34.5. The summed E-state index contributed by atoms with van der Waals surface area (Å²) in [5.41, 5.74) is 19.2. The van der Waals surface area contributed by atoms with Crippen LogP contribution in [0.3, 0.4) is 0 Å². The molecule has 1 aromatic heterocycles. The van der Waals surface area contributed by atoms with Crippen LogP contribution in [0.15, 0.2) is 253 Å². The van der Waals surface area contributed by atoms with E-state index in [-0.39, 0.29) is 0 Å². The number of fused-ring (bicyclic) bond motifs is 6. The van der Waals surface area contributed by atoms with Gasteiger partial charge in [-0.1, -0.05) is 194 Å². The van der Waals surface area contributed by atoms with Gasteiger partial charge >= 0.3 is 0 Å². The predicted molar refractivity (Wildman–Crippen MR) is 262 cm³/mol. The van der Waals surface area contributed by atoms with E-state index in [4.69, 9.17) is 4.42 Å². The Kier molecular flexibility index (Phi) is 8.76. The van der Waals surface area contributed by atoms with E-state index in [1.54, 1.807) is 0 Å². The highest BCUT2D eigenvalue weighted by atomic mass is 16.3. The van der Waals surface area contributed by atoms with Crippen molar-refractivity contribution in [3.63, 3.8) is 0 Å². The molecular formula is C61H41NO. The molecule has 11 aromatic rings. The summed E-state index contributed by atoms with van der Waals surface area (Å²) in [6, 6.07) is 90.3. The summed E-state index contributed by atoms with van der Waals surface area (Å²) < 4.78 is 6.18. The quantitative estimate of drug-likeness (QED) is 0.152. The van der Waals surface area contributed by atoms with E-state index in [1.807, 2.05) is 12.1 Å². The summed E-state index contributed by atoms with van der Waals surface area (Å²) in [5.74, 6) is 0. The molecule has 0 aliphatic heterocycles. The van der Waals surface area contributed by atoms with Crippen LogP contribution in [0.5, 0.6) is 0 Å². The van der Waals surface area contributed by atoms with E-state index in [0.717, 1.165) is 50.1 Å². The van der Waals surface area contributed by atoms with Gasteiger partial charge in [-0.05, 0) is 116 Å². The second kappa shape index (κ2) is 15.1. The third-order valence-corrected chi connectivity index (χ3v) is 13.0. The molecule has 0 atom stereocenters. The first-order valence-corrected chi connectivity index (χ1v) is 21.7. The van der Waals surface area contributed by atoms with Gasteiger partial charge in [0.05, 0.1) is 11.1 Å². The Labute approximate surface area is 367 Å². The van der Waals surface area contributed by atoms with E-state index in [0.29, 0.717) is 0 Å². The summed E-state index contributed by atoms with van der Waals surface area (Å²) in [6.45, 7) is 0. The second-order valence-corrected chi connectivity index (χ2v) is 16.4. The largest absolute Gasteiger partial charge is 0.456 e. The van der Waals surface area contributed by atoms with Gasteiger partial charge in [0.2, 0.25) is 0 Å². The van der Waals surface area contributed by atoms with Crippen molar-refractivity contribution >= 4 is 39.0 Å². The molecule has 0 saturated carbocycles. The smallest absolute Gasteiger partial charge is 0.135 e. The molecule has 0 N–H and O–H groups in total. The highest BCUT2D eigenvalue weighted by Gasteiger charge is 2.47. The fourth-order valence-electron chi connectivity index (χ4n) is 10.1. The summed E-state index contributed by atoms with van der Waals surface area (Å²) in [5, 5.41) is 2.26. The van der Waals surface area contributed by atoms with Crippen molar-refractivity contribution in [1.29, 1.82) is 0 Å². The molecule has 296 valence electrons. The molecular weight excluding hydrogens is 763 g/mol. The highest BCUT2D eigenvalue weighted by molar-refractivity contribution is 6.06. The predicted octanol–water partition coefficient (Wildman–Crippen LogP) is 16.4. The van der Waals surface area contributed by atoms with Crippen LogP contribution in [0.1, 0.15) is 22.3 Å².